The summed E-state index contributed by atoms with van der Waals surface area (Å²) in [6.45, 7) is 4.39. The Bertz CT molecular complexity index is 714. The maximum Gasteiger partial charge on any atom is 0.224 e. The van der Waals surface area contributed by atoms with Crippen molar-refractivity contribution in [2.75, 3.05) is 18.0 Å². The highest BCUT2D eigenvalue weighted by Crippen LogP contribution is 2.16. The Kier molecular flexibility index (Phi) is 6.55. The van der Waals surface area contributed by atoms with Gasteiger partial charge >= 0.3 is 0 Å². The first-order valence-electron chi connectivity index (χ1n) is 7.82. The van der Waals surface area contributed by atoms with Crippen LogP contribution in [0.15, 0.2) is 53.0 Å². The fourth-order valence-corrected chi connectivity index (χ4v) is 2.80. The Hall–Kier alpha value is -2.14. The van der Waals surface area contributed by atoms with Crippen LogP contribution in [0.5, 0.6) is 0 Å². The van der Waals surface area contributed by atoms with Gasteiger partial charge in [-0.15, -0.1) is 0 Å². The van der Waals surface area contributed by atoms with Crippen LogP contribution in [0.2, 0.25) is 0 Å². The van der Waals surface area contributed by atoms with Crippen LogP contribution in [-0.4, -0.2) is 24.9 Å². The van der Waals surface area contributed by atoms with Gasteiger partial charge in [-0.2, -0.15) is 0 Å². The minimum absolute atomic E-state index is 0.0427. The van der Waals surface area contributed by atoms with E-state index in [1.54, 1.807) is 4.90 Å². The van der Waals surface area contributed by atoms with Crippen molar-refractivity contribution in [1.29, 1.82) is 0 Å². The molecule has 2 aromatic carbocycles. The Morgan fingerprint density at radius 3 is 2.38 bits per heavy atom. The summed E-state index contributed by atoms with van der Waals surface area (Å²) in [4.78, 5) is 25.6. The van der Waals surface area contributed by atoms with Crippen molar-refractivity contribution in [2.45, 2.75) is 20.3 Å². The first kappa shape index (κ1) is 18.2. The fourth-order valence-electron chi connectivity index (χ4n) is 2.38. The molecular weight excluding hydrogens is 368 g/mol. The van der Waals surface area contributed by atoms with E-state index in [0.717, 1.165) is 21.3 Å². The molecule has 126 valence electrons. The summed E-state index contributed by atoms with van der Waals surface area (Å²) in [5.74, 6) is -0.104. The van der Waals surface area contributed by atoms with Crippen LogP contribution in [0.3, 0.4) is 0 Å². The number of hydrogen-bond acceptors (Lipinski definition) is 2. The van der Waals surface area contributed by atoms with E-state index < -0.39 is 0 Å². The lowest BCUT2D eigenvalue weighted by atomic mass is 10.1. The number of carbonyl (C=O) groups excluding carboxylic acids is 2. The standard InChI is InChI=1S/C19H21BrN2O2/c1-14-7-9-17(10-8-14)22(15(2)23)12-11-21-19(24)13-16-5-3-4-6-18(16)20/h3-10H,11-13H2,1-2H3,(H,21,24). The zero-order valence-corrected chi connectivity index (χ0v) is 15.5. The lowest BCUT2D eigenvalue weighted by Crippen LogP contribution is -2.38. The molecule has 0 aliphatic carbocycles. The van der Waals surface area contributed by atoms with Crippen molar-refractivity contribution in [3.63, 3.8) is 0 Å². The molecule has 5 heteroatoms. The highest BCUT2D eigenvalue weighted by molar-refractivity contribution is 9.10. The predicted octanol–water partition coefficient (Wildman–Crippen LogP) is 3.47. The summed E-state index contributed by atoms with van der Waals surface area (Å²) < 4.78 is 0.921. The molecule has 2 amide bonds. The average Bonchev–Trinajstić information content (AvgIpc) is 2.54. The molecule has 0 radical (unpaired) electrons. The third-order valence-corrected chi connectivity index (χ3v) is 4.47. The third kappa shape index (κ3) is 5.20. The minimum Gasteiger partial charge on any atom is -0.354 e. The van der Waals surface area contributed by atoms with Crippen molar-refractivity contribution in [3.8, 4) is 0 Å². The second-order valence-corrected chi connectivity index (χ2v) is 6.48. The van der Waals surface area contributed by atoms with Gasteiger partial charge in [0.1, 0.15) is 0 Å². The Morgan fingerprint density at radius 1 is 1.08 bits per heavy atom. The number of rotatable bonds is 6. The normalized spacial score (nSPS) is 10.3. The number of hydrogen-bond donors (Lipinski definition) is 1. The minimum atomic E-state index is -0.0608. The molecule has 0 fully saturated rings. The molecule has 0 atom stereocenters. The molecule has 0 saturated heterocycles. The lowest BCUT2D eigenvalue weighted by molar-refractivity contribution is -0.121. The largest absolute Gasteiger partial charge is 0.354 e. The monoisotopic (exact) mass is 388 g/mol. The number of nitrogens with one attached hydrogen (secondary N) is 1. The topological polar surface area (TPSA) is 49.4 Å². The first-order valence-corrected chi connectivity index (χ1v) is 8.61. The third-order valence-electron chi connectivity index (χ3n) is 3.69. The number of anilines is 1. The summed E-state index contributed by atoms with van der Waals surface area (Å²) in [6.07, 6.45) is 0.312. The number of carbonyl (C=O) groups is 2. The molecular formula is C19H21BrN2O2. The Morgan fingerprint density at radius 2 is 1.75 bits per heavy atom. The molecule has 0 unspecified atom stereocenters. The second-order valence-electron chi connectivity index (χ2n) is 5.62. The van der Waals surface area contributed by atoms with Gasteiger partial charge in [0, 0.05) is 30.2 Å². The van der Waals surface area contributed by atoms with E-state index in [9.17, 15) is 9.59 Å². The van der Waals surface area contributed by atoms with Gasteiger partial charge in [0.15, 0.2) is 0 Å². The molecule has 1 N–H and O–H groups in total. The van der Waals surface area contributed by atoms with Crippen LogP contribution in [0.25, 0.3) is 0 Å². The van der Waals surface area contributed by atoms with Crippen LogP contribution < -0.4 is 10.2 Å². The van der Waals surface area contributed by atoms with Gasteiger partial charge in [0.25, 0.3) is 0 Å². The molecule has 4 nitrogen and oxygen atoms in total. The Labute approximate surface area is 151 Å². The maximum absolute atomic E-state index is 12.1. The van der Waals surface area contributed by atoms with E-state index in [2.05, 4.69) is 21.2 Å². The van der Waals surface area contributed by atoms with Crippen LogP contribution in [0, 0.1) is 6.92 Å². The molecule has 0 saturated carbocycles. The van der Waals surface area contributed by atoms with E-state index in [0.29, 0.717) is 19.5 Å². The number of amides is 2. The van der Waals surface area contributed by atoms with Gasteiger partial charge in [0.2, 0.25) is 11.8 Å². The smallest absolute Gasteiger partial charge is 0.224 e. The van der Waals surface area contributed by atoms with Crippen LogP contribution >= 0.6 is 15.9 Å². The molecule has 2 aromatic rings. The SMILES string of the molecule is CC(=O)N(CCNC(=O)Cc1ccccc1Br)c1ccc(C)cc1. The van der Waals surface area contributed by atoms with Crippen LogP contribution in [-0.2, 0) is 16.0 Å². The van der Waals surface area contributed by atoms with Gasteiger partial charge in [-0.3, -0.25) is 9.59 Å². The zero-order chi connectivity index (χ0) is 17.5. The van der Waals surface area contributed by atoms with Crippen molar-refractivity contribution in [1.82, 2.24) is 5.32 Å². The average molecular weight is 389 g/mol. The summed E-state index contributed by atoms with van der Waals surface area (Å²) in [5.41, 5.74) is 2.93. The molecule has 0 heterocycles. The lowest BCUT2D eigenvalue weighted by Gasteiger charge is -2.21. The Balaban J connectivity index is 1.89. The van der Waals surface area contributed by atoms with Crippen molar-refractivity contribution < 1.29 is 9.59 Å². The zero-order valence-electron chi connectivity index (χ0n) is 13.9. The molecule has 0 aromatic heterocycles. The molecule has 0 aliphatic rings. The number of benzene rings is 2. The van der Waals surface area contributed by atoms with E-state index in [1.807, 2.05) is 55.5 Å². The highest BCUT2D eigenvalue weighted by Gasteiger charge is 2.12. The van der Waals surface area contributed by atoms with Gasteiger partial charge in [0.05, 0.1) is 6.42 Å². The number of aryl methyl sites for hydroxylation is 1. The summed E-state index contributed by atoms with van der Waals surface area (Å²) in [7, 11) is 0. The van der Waals surface area contributed by atoms with Gasteiger partial charge < -0.3 is 10.2 Å². The van der Waals surface area contributed by atoms with E-state index in [4.69, 9.17) is 0 Å². The fraction of sp³-hybridized carbons (Fsp3) is 0.263. The first-order chi connectivity index (χ1) is 11.5. The molecule has 0 spiro atoms. The van der Waals surface area contributed by atoms with E-state index in [1.165, 1.54) is 6.92 Å². The molecule has 0 bridgehead atoms. The second kappa shape index (κ2) is 8.64. The number of nitrogens with zero attached hydrogens (tertiary/aromatic N) is 1. The van der Waals surface area contributed by atoms with Gasteiger partial charge in [-0.25, -0.2) is 0 Å². The summed E-state index contributed by atoms with van der Waals surface area (Å²) in [5, 5.41) is 2.87. The summed E-state index contributed by atoms with van der Waals surface area (Å²) in [6, 6.07) is 15.4. The van der Waals surface area contributed by atoms with Crippen molar-refractivity contribution in [2.24, 2.45) is 0 Å². The van der Waals surface area contributed by atoms with Crippen molar-refractivity contribution in [3.05, 3.63) is 64.1 Å². The maximum atomic E-state index is 12.1. The van der Waals surface area contributed by atoms with E-state index in [-0.39, 0.29) is 11.8 Å². The quantitative estimate of drug-likeness (QED) is 0.823. The highest BCUT2D eigenvalue weighted by atomic mass is 79.9. The summed E-state index contributed by atoms with van der Waals surface area (Å²) >= 11 is 3.44. The van der Waals surface area contributed by atoms with Crippen LogP contribution in [0.1, 0.15) is 18.1 Å². The molecule has 0 aliphatic heterocycles. The molecule has 24 heavy (non-hydrogen) atoms. The number of halogens is 1. The van der Waals surface area contributed by atoms with Crippen LogP contribution in [0.4, 0.5) is 5.69 Å². The van der Waals surface area contributed by atoms with Gasteiger partial charge in [-0.05, 0) is 30.7 Å². The van der Waals surface area contributed by atoms with Crippen molar-refractivity contribution >= 4 is 33.4 Å². The molecule has 2 rings (SSSR count). The van der Waals surface area contributed by atoms with Gasteiger partial charge in [-0.1, -0.05) is 51.8 Å². The predicted molar refractivity (Wildman–Crippen MR) is 100 cm³/mol. The van der Waals surface area contributed by atoms with E-state index >= 15 is 0 Å².